The van der Waals surface area contributed by atoms with Gasteiger partial charge in [0.05, 0.1) is 40.3 Å². The Hall–Kier alpha value is -2.71. The monoisotopic (exact) mass is 732 g/mol. The molecular weight excluding hydrogens is 654 g/mol. The Morgan fingerprint density at radius 3 is 1.67 bits per heavy atom. The maximum Gasteiger partial charge on any atom is 0.306 e. The maximum atomic E-state index is 12.7. The average molecular weight is 732 g/mol. The number of nitrogens with zero attached hydrogens (tertiary/aromatic N) is 1. The van der Waals surface area contributed by atoms with Crippen LogP contribution < -0.4 is 5.11 Å². The van der Waals surface area contributed by atoms with Gasteiger partial charge in [0, 0.05) is 19.3 Å². The van der Waals surface area contributed by atoms with Crippen LogP contribution in [-0.4, -0.2) is 75.5 Å². The van der Waals surface area contributed by atoms with Gasteiger partial charge in [-0.05, 0) is 64.2 Å². The quantitative estimate of drug-likeness (QED) is 0.0274. The zero-order valence-corrected chi connectivity index (χ0v) is 34.0. The van der Waals surface area contributed by atoms with Crippen LogP contribution in [0.15, 0.2) is 48.6 Å². The van der Waals surface area contributed by atoms with Crippen molar-refractivity contribution < 1.29 is 38.2 Å². The molecular formula is C44H77NO7. The normalized spacial score (nSPS) is 13.5. The summed E-state index contributed by atoms with van der Waals surface area (Å²) in [6.07, 6.45) is 40.0. The molecule has 0 saturated carbocycles. The number of esters is 2. The Labute approximate surface area is 318 Å². The number of carboxylic acids is 1. The molecule has 0 N–H and O–H groups in total. The second-order valence-electron chi connectivity index (χ2n) is 14.8. The number of likely N-dealkylation sites (N-methyl/N-ethyl adjacent to an activating group) is 1. The van der Waals surface area contributed by atoms with E-state index in [-0.39, 0.29) is 42.7 Å². The van der Waals surface area contributed by atoms with Gasteiger partial charge in [0.1, 0.15) is 12.6 Å². The molecule has 300 valence electrons. The van der Waals surface area contributed by atoms with Gasteiger partial charge in [-0.3, -0.25) is 9.59 Å². The number of quaternary nitrogens is 1. The molecule has 0 spiro atoms. The van der Waals surface area contributed by atoms with Crippen LogP contribution in [0.2, 0.25) is 0 Å². The van der Waals surface area contributed by atoms with Crippen molar-refractivity contribution in [2.45, 2.75) is 174 Å². The topological polar surface area (TPSA) is 102 Å². The highest BCUT2D eigenvalue weighted by molar-refractivity contribution is 5.70. The summed E-state index contributed by atoms with van der Waals surface area (Å²) in [4.78, 5) is 36.7. The number of carbonyl (C=O) groups excluding carboxylic acids is 3. The molecule has 8 nitrogen and oxygen atoms in total. The summed E-state index contributed by atoms with van der Waals surface area (Å²) in [7, 11) is 5.39. The number of rotatable bonds is 36. The molecule has 0 aromatic carbocycles. The van der Waals surface area contributed by atoms with Gasteiger partial charge in [-0.25, -0.2) is 0 Å². The Kier molecular flexibility index (Phi) is 33.5. The number of hydrogen-bond donors (Lipinski definition) is 0. The molecule has 0 radical (unpaired) electrons. The van der Waals surface area contributed by atoms with Crippen molar-refractivity contribution in [3.63, 3.8) is 0 Å². The Bertz CT molecular complexity index is 995. The minimum absolute atomic E-state index is 0.0293. The Morgan fingerprint density at radius 2 is 1.10 bits per heavy atom. The van der Waals surface area contributed by atoms with Crippen molar-refractivity contribution in [1.29, 1.82) is 0 Å². The molecule has 0 bridgehead atoms. The lowest BCUT2D eigenvalue weighted by Crippen LogP contribution is -2.55. The SMILES string of the molecule is CC/C=C/C/C=C/C/C=C/CCCCCCCCCCCC(=O)OC(COCCC(C(=O)[O-])[N+](C)(C)C)COC(=O)CCC/C=C/CCCCCC. The second-order valence-corrected chi connectivity index (χ2v) is 14.8. The standard InChI is InChI=1S/C44H77NO7/c1-6-8-10-12-14-16-17-18-19-20-21-22-23-24-25-27-29-31-33-35-43(47)52-40(38-50-37-36-41(44(48)49)45(3,4)5)39-51-42(46)34-32-30-28-26-15-13-11-9-7-2/h8,10,14,16,18-19,26,28,40-41H,6-7,9,11-13,15,17,20-25,27,29-39H2,1-5H3/b10-8+,16-14+,19-18+,28-26+. The molecule has 0 saturated heterocycles. The van der Waals surface area contributed by atoms with Crippen LogP contribution >= 0.6 is 0 Å². The largest absolute Gasteiger partial charge is 0.544 e. The molecule has 0 fully saturated rings. The van der Waals surface area contributed by atoms with Crippen molar-refractivity contribution in [3.05, 3.63) is 48.6 Å². The number of carbonyl (C=O) groups is 3. The molecule has 8 heteroatoms. The number of allylic oxidation sites excluding steroid dienone is 8. The zero-order chi connectivity index (χ0) is 38.5. The summed E-state index contributed by atoms with van der Waals surface area (Å²) in [5.74, 6) is -1.79. The van der Waals surface area contributed by atoms with Crippen molar-refractivity contribution in [1.82, 2.24) is 0 Å². The van der Waals surface area contributed by atoms with Gasteiger partial charge in [-0.1, -0.05) is 127 Å². The van der Waals surface area contributed by atoms with Crippen LogP contribution in [0.25, 0.3) is 0 Å². The summed E-state index contributed by atoms with van der Waals surface area (Å²) in [6.45, 7) is 4.47. The smallest absolute Gasteiger partial charge is 0.306 e. The van der Waals surface area contributed by atoms with Crippen LogP contribution in [0.4, 0.5) is 0 Å². The van der Waals surface area contributed by atoms with Crippen LogP contribution in [-0.2, 0) is 28.6 Å². The third kappa shape index (κ3) is 33.1. The number of unbranched alkanes of at least 4 members (excludes halogenated alkanes) is 14. The first-order valence-corrected chi connectivity index (χ1v) is 20.7. The van der Waals surface area contributed by atoms with E-state index in [0.29, 0.717) is 19.3 Å². The first kappa shape index (κ1) is 49.3. The third-order valence-corrected chi connectivity index (χ3v) is 8.95. The molecule has 0 amide bonds. The number of hydrogen-bond acceptors (Lipinski definition) is 7. The molecule has 0 aromatic rings. The van der Waals surface area contributed by atoms with E-state index in [1.54, 1.807) is 21.1 Å². The van der Waals surface area contributed by atoms with Gasteiger partial charge in [0.15, 0.2) is 6.10 Å². The minimum atomic E-state index is -1.13. The van der Waals surface area contributed by atoms with Crippen LogP contribution in [0.3, 0.4) is 0 Å². The highest BCUT2D eigenvalue weighted by Gasteiger charge is 2.25. The maximum absolute atomic E-state index is 12.7. The number of ether oxygens (including phenoxy) is 3. The molecule has 0 rings (SSSR count). The van der Waals surface area contributed by atoms with E-state index in [2.05, 4.69) is 62.5 Å². The van der Waals surface area contributed by atoms with Crippen molar-refractivity contribution >= 4 is 17.9 Å². The zero-order valence-electron chi connectivity index (χ0n) is 34.0. The first-order valence-electron chi connectivity index (χ1n) is 20.7. The van der Waals surface area contributed by atoms with E-state index in [0.717, 1.165) is 57.8 Å². The predicted molar refractivity (Wildman–Crippen MR) is 213 cm³/mol. The first-order chi connectivity index (χ1) is 25.1. The van der Waals surface area contributed by atoms with E-state index < -0.39 is 18.1 Å². The predicted octanol–water partition coefficient (Wildman–Crippen LogP) is 9.52. The number of aliphatic carboxylic acids is 1. The number of carboxylic acid groups (broad SMARTS) is 1. The summed E-state index contributed by atoms with van der Waals surface area (Å²) < 4.78 is 17.1. The van der Waals surface area contributed by atoms with E-state index in [4.69, 9.17) is 14.2 Å². The minimum Gasteiger partial charge on any atom is -0.544 e. The highest BCUT2D eigenvalue weighted by Crippen LogP contribution is 2.13. The molecule has 0 heterocycles. The van der Waals surface area contributed by atoms with Gasteiger partial charge in [0.2, 0.25) is 0 Å². The average Bonchev–Trinajstić information content (AvgIpc) is 3.09. The van der Waals surface area contributed by atoms with Crippen LogP contribution in [0.5, 0.6) is 0 Å². The lowest BCUT2D eigenvalue weighted by Gasteiger charge is -2.34. The van der Waals surface area contributed by atoms with Gasteiger partial charge in [-0.15, -0.1) is 0 Å². The third-order valence-electron chi connectivity index (χ3n) is 8.95. The molecule has 0 aliphatic carbocycles. The van der Waals surface area contributed by atoms with Gasteiger partial charge >= 0.3 is 11.9 Å². The Morgan fingerprint density at radius 1 is 0.596 bits per heavy atom. The van der Waals surface area contributed by atoms with E-state index in [9.17, 15) is 19.5 Å². The Balaban J connectivity index is 4.34. The van der Waals surface area contributed by atoms with Crippen molar-refractivity contribution in [2.24, 2.45) is 0 Å². The van der Waals surface area contributed by atoms with Crippen molar-refractivity contribution in [3.8, 4) is 0 Å². The molecule has 2 atom stereocenters. The molecule has 0 aliphatic rings. The fraction of sp³-hybridized carbons (Fsp3) is 0.750. The van der Waals surface area contributed by atoms with E-state index >= 15 is 0 Å². The summed E-state index contributed by atoms with van der Waals surface area (Å²) in [5.41, 5.74) is 0. The fourth-order valence-electron chi connectivity index (χ4n) is 5.73. The lowest BCUT2D eigenvalue weighted by molar-refractivity contribution is -0.889. The molecule has 2 unspecified atom stereocenters. The van der Waals surface area contributed by atoms with Gasteiger partial charge in [-0.2, -0.15) is 0 Å². The summed E-state index contributed by atoms with van der Waals surface area (Å²) in [6, 6.07) is -0.729. The van der Waals surface area contributed by atoms with Gasteiger partial charge < -0.3 is 28.6 Å². The second kappa shape index (κ2) is 35.3. The molecule has 0 aromatic heterocycles. The summed E-state index contributed by atoms with van der Waals surface area (Å²) in [5, 5.41) is 11.6. The highest BCUT2D eigenvalue weighted by atomic mass is 16.6. The van der Waals surface area contributed by atoms with E-state index in [1.165, 1.54) is 64.2 Å². The molecule has 52 heavy (non-hydrogen) atoms. The van der Waals surface area contributed by atoms with Crippen molar-refractivity contribution in [2.75, 3.05) is 41.0 Å². The fourth-order valence-corrected chi connectivity index (χ4v) is 5.73. The van der Waals surface area contributed by atoms with Crippen LogP contribution in [0.1, 0.15) is 162 Å². The lowest BCUT2D eigenvalue weighted by atomic mass is 10.1. The van der Waals surface area contributed by atoms with Gasteiger partial charge in [0.25, 0.3) is 0 Å². The molecule has 0 aliphatic heterocycles. The van der Waals surface area contributed by atoms with E-state index in [1.807, 2.05) is 0 Å². The van der Waals surface area contributed by atoms with Crippen LogP contribution in [0, 0.1) is 0 Å². The summed E-state index contributed by atoms with van der Waals surface area (Å²) >= 11 is 0.